The zero-order valence-corrected chi connectivity index (χ0v) is 12.6. The van der Waals surface area contributed by atoms with Crippen molar-refractivity contribution in [1.29, 1.82) is 0 Å². The average Bonchev–Trinajstić information content (AvgIpc) is 2.81. The number of aromatic carboxylic acids is 1. The number of carbonyl (C=O) groups is 1. The molecule has 0 amide bonds. The summed E-state index contributed by atoms with van der Waals surface area (Å²) < 4.78 is 6.25. The van der Waals surface area contributed by atoms with E-state index in [-0.39, 0.29) is 11.2 Å². The van der Waals surface area contributed by atoms with Crippen molar-refractivity contribution in [3.05, 3.63) is 27.4 Å². The molecule has 0 fully saturated rings. The topological polar surface area (TPSA) is 63.3 Å². The lowest BCUT2D eigenvalue weighted by Gasteiger charge is -2.14. The Kier molecular flexibility index (Phi) is 3.33. The Hall–Kier alpha value is -1.14. The molecule has 4 nitrogen and oxygen atoms in total. The Morgan fingerprint density at radius 1 is 1.50 bits per heavy atom. The summed E-state index contributed by atoms with van der Waals surface area (Å²) in [4.78, 5) is 16.3. The van der Waals surface area contributed by atoms with Gasteiger partial charge in [-0.05, 0) is 27.4 Å². The van der Waals surface area contributed by atoms with Crippen molar-refractivity contribution in [3.63, 3.8) is 0 Å². The van der Waals surface area contributed by atoms with Crippen LogP contribution in [-0.4, -0.2) is 16.1 Å². The summed E-state index contributed by atoms with van der Waals surface area (Å²) >= 11 is 4.84. The molecule has 0 unspecified atom stereocenters. The highest BCUT2D eigenvalue weighted by atomic mass is 79.9. The normalized spacial score (nSPS) is 11.8. The minimum absolute atomic E-state index is 0.0854. The highest BCUT2D eigenvalue weighted by Gasteiger charge is 2.29. The Labute approximate surface area is 117 Å². The predicted molar refractivity (Wildman–Crippen MR) is 73.2 cm³/mol. The van der Waals surface area contributed by atoms with Gasteiger partial charge in [-0.15, -0.1) is 11.3 Å². The molecule has 0 radical (unpaired) electrons. The molecule has 0 spiro atoms. The predicted octanol–water partition coefficient (Wildman–Crippen LogP) is 4.16. The lowest BCUT2D eigenvalue weighted by atomic mass is 9.91. The zero-order chi connectivity index (χ0) is 13.5. The molecule has 2 rings (SSSR count). The van der Waals surface area contributed by atoms with Crippen LogP contribution in [0.4, 0.5) is 0 Å². The first kappa shape index (κ1) is 13.3. The molecule has 0 aliphatic heterocycles. The molecule has 1 N–H and O–H groups in total. The fourth-order valence-electron chi connectivity index (χ4n) is 1.52. The van der Waals surface area contributed by atoms with E-state index in [0.717, 1.165) is 9.35 Å². The fourth-order valence-corrected chi connectivity index (χ4v) is 2.98. The SMILES string of the molecule is CC(C)(C)c1nc(-c2sccc2Br)oc1C(=O)O. The molecule has 2 aromatic heterocycles. The number of nitrogens with zero attached hydrogens (tertiary/aromatic N) is 1. The molecular weight excluding hydrogens is 318 g/mol. The molecule has 0 saturated carbocycles. The largest absolute Gasteiger partial charge is 0.475 e. The van der Waals surface area contributed by atoms with E-state index < -0.39 is 5.97 Å². The van der Waals surface area contributed by atoms with Crippen molar-refractivity contribution in [1.82, 2.24) is 4.98 Å². The summed E-state index contributed by atoms with van der Waals surface area (Å²) in [5.74, 6) is -0.830. The maximum Gasteiger partial charge on any atom is 0.373 e. The summed E-state index contributed by atoms with van der Waals surface area (Å²) in [5.41, 5.74) is 0.0875. The quantitative estimate of drug-likeness (QED) is 0.898. The van der Waals surface area contributed by atoms with E-state index in [0.29, 0.717) is 11.6 Å². The van der Waals surface area contributed by atoms with E-state index in [1.807, 2.05) is 32.2 Å². The molecule has 0 aliphatic rings. The van der Waals surface area contributed by atoms with Gasteiger partial charge >= 0.3 is 5.97 Å². The third-order valence-corrected chi connectivity index (χ3v) is 4.17. The van der Waals surface area contributed by atoms with Gasteiger partial charge in [-0.25, -0.2) is 9.78 Å². The lowest BCUT2D eigenvalue weighted by Crippen LogP contribution is -2.16. The second-order valence-electron chi connectivity index (χ2n) is 4.85. The third kappa shape index (κ3) is 2.35. The molecule has 2 aromatic rings. The van der Waals surface area contributed by atoms with Gasteiger partial charge in [0.15, 0.2) is 0 Å². The number of hydrogen-bond acceptors (Lipinski definition) is 4. The molecular formula is C12H12BrNO3S. The first-order chi connectivity index (χ1) is 8.30. The molecule has 18 heavy (non-hydrogen) atoms. The maximum absolute atomic E-state index is 11.2. The molecule has 0 saturated heterocycles. The van der Waals surface area contributed by atoms with Crippen LogP contribution in [0.3, 0.4) is 0 Å². The minimum Gasteiger partial charge on any atom is -0.475 e. The Morgan fingerprint density at radius 3 is 2.56 bits per heavy atom. The van der Waals surface area contributed by atoms with Crippen LogP contribution >= 0.6 is 27.3 Å². The Morgan fingerprint density at radius 2 is 2.17 bits per heavy atom. The van der Waals surface area contributed by atoms with E-state index in [1.54, 1.807) is 0 Å². The van der Waals surface area contributed by atoms with Gasteiger partial charge in [0.2, 0.25) is 11.7 Å². The number of halogens is 1. The monoisotopic (exact) mass is 329 g/mol. The Balaban J connectivity index is 2.60. The smallest absolute Gasteiger partial charge is 0.373 e. The first-order valence-corrected chi connectivity index (χ1v) is 6.96. The number of thiophene rings is 1. The van der Waals surface area contributed by atoms with Crippen molar-refractivity contribution in [2.45, 2.75) is 26.2 Å². The van der Waals surface area contributed by atoms with E-state index in [2.05, 4.69) is 20.9 Å². The van der Waals surface area contributed by atoms with E-state index in [9.17, 15) is 4.79 Å². The number of rotatable bonds is 2. The second-order valence-corrected chi connectivity index (χ2v) is 6.62. The van der Waals surface area contributed by atoms with Crippen LogP contribution in [0.5, 0.6) is 0 Å². The van der Waals surface area contributed by atoms with Crippen molar-refractivity contribution in [3.8, 4) is 10.8 Å². The molecule has 0 aromatic carbocycles. The fraction of sp³-hybridized carbons (Fsp3) is 0.333. The molecule has 2 heterocycles. The van der Waals surface area contributed by atoms with Gasteiger partial charge in [0.1, 0.15) is 10.6 Å². The molecule has 0 atom stereocenters. The van der Waals surface area contributed by atoms with Crippen LogP contribution in [-0.2, 0) is 5.41 Å². The highest BCUT2D eigenvalue weighted by molar-refractivity contribution is 9.10. The number of carboxylic acid groups (broad SMARTS) is 1. The number of oxazole rings is 1. The van der Waals surface area contributed by atoms with Crippen molar-refractivity contribution >= 4 is 33.2 Å². The zero-order valence-electron chi connectivity index (χ0n) is 10.2. The molecule has 0 aliphatic carbocycles. The minimum atomic E-state index is -1.09. The van der Waals surface area contributed by atoms with Gasteiger partial charge in [0.25, 0.3) is 0 Å². The first-order valence-electron chi connectivity index (χ1n) is 5.28. The van der Waals surface area contributed by atoms with Crippen LogP contribution in [0.15, 0.2) is 20.3 Å². The van der Waals surface area contributed by atoms with Crippen LogP contribution in [0.2, 0.25) is 0 Å². The van der Waals surface area contributed by atoms with Crippen molar-refractivity contribution < 1.29 is 14.3 Å². The number of hydrogen-bond donors (Lipinski definition) is 1. The van der Waals surface area contributed by atoms with E-state index >= 15 is 0 Å². The van der Waals surface area contributed by atoms with Crippen LogP contribution < -0.4 is 0 Å². The summed E-state index contributed by atoms with van der Waals surface area (Å²) in [6.45, 7) is 5.72. The Bertz CT molecular complexity index is 595. The van der Waals surface area contributed by atoms with Crippen molar-refractivity contribution in [2.75, 3.05) is 0 Å². The average molecular weight is 330 g/mol. The van der Waals surface area contributed by atoms with Crippen molar-refractivity contribution in [2.24, 2.45) is 0 Å². The van der Waals surface area contributed by atoms with Gasteiger partial charge in [-0.1, -0.05) is 20.8 Å². The van der Waals surface area contributed by atoms with E-state index in [1.165, 1.54) is 11.3 Å². The van der Waals surface area contributed by atoms with E-state index in [4.69, 9.17) is 9.52 Å². The van der Waals surface area contributed by atoms with Gasteiger partial charge in [0, 0.05) is 9.89 Å². The van der Waals surface area contributed by atoms with Crippen LogP contribution in [0.1, 0.15) is 37.0 Å². The molecule has 0 bridgehead atoms. The lowest BCUT2D eigenvalue weighted by molar-refractivity contribution is 0.0659. The van der Waals surface area contributed by atoms with Crippen LogP contribution in [0, 0.1) is 0 Å². The second kappa shape index (κ2) is 4.51. The van der Waals surface area contributed by atoms with Gasteiger partial charge < -0.3 is 9.52 Å². The summed E-state index contributed by atoms with van der Waals surface area (Å²) in [6.07, 6.45) is 0. The van der Waals surface area contributed by atoms with Crippen LogP contribution in [0.25, 0.3) is 10.8 Å². The van der Waals surface area contributed by atoms with Gasteiger partial charge in [0.05, 0.1) is 0 Å². The number of aromatic nitrogens is 1. The van der Waals surface area contributed by atoms with Gasteiger partial charge in [-0.2, -0.15) is 0 Å². The third-order valence-electron chi connectivity index (χ3n) is 2.34. The maximum atomic E-state index is 11.2. The highest BCUT2D eigenvalue weighted by Crippen LogP contribution is 2.36. The summed E-state index contributed by atoms with van der Waals surface area (Å²) in [6, 6.07) is 1.88. The number of carboxylic acids is 1. The summed E-state index contributed by atoms with van der Waals surface area (Å²) in [5, 5.41) is 11.1. The standard InChI is InChI=1S/C12H12BrNO3S/c1-12(2,3)9-7(11(15)16)17-10(14-9)8-6(13)4-5-18-8/h4-5H,1-3H3,(H,15,16). The molecule has 96 valence electrons. The summed E-state index contributed by atoms with van der Waals surface area (Å²) in [7, 11) is 0. The van der Waals surface area contributed by atoms with Gasteiger partial charge in [-0.3, -0.25) is 0 Å². The molecule has 6 heteroatoms.